The molecular weight excluding hydrogens is 240 g/mol. The van der Waals surface area contributed by atoms with E-state index in [1.165, 1.54) is 17.5 Å². The van der Waals surface area contributed by atoms with Crippen LogP contribution in [0.5, 0.6) is 5.88 Å². The van der Waals surface area contributed by atoms with E-state index in [1.807, 2.05) is 6.92 Å². The Labute approximate surface area is 112 Å². The van der Waals surface area contributed by atoms with Gasteiger partial charge in [0, 0.05) is 13.1 Å². The molecule has 2 aromatic rings. The number of aromatic nitrogens is 2. The number of nitrogens with two attached hydrogens (primary N) is 1. The topological polar surface area (TPSA) is 64.3 Å². The summed E-state index contributed by atoms with van der Waals surface area (Å²) < 4.78 is 5.41. The van der Waals surface area contributed by atoms with Crippen molar-refractivity contribution in [1.29, 1.82) is 0 Å². The molecule has 1 aliphatic heterocycles. The number of rotatable bonds is 3. The minimum absolute atomic E-state index is 0.462. The van der Waals surface area contributed by atoms with Crippen LogP contribution in [0.4, 0.5) is 11.5 Å². The molecule has 5 nitrogen and oxygen atoms in total. The summed E-state index contributed by atoms with van der Waals surface area (Å²) in [7, 11) is 0. The van der Waals surface area contributed by atoms with Gasteiger partial charge in [0.1, 0.15) is 12.0 Å². The van der Waals surface area contributed by atoms with Gasteiger partial charge in [-0.2, -0.15) is 4.98 Å². The third kappa shape index (κ3) is 2.07. The second-order valence-corrected chi connectivity index (χ2v) is 4.47. The van der Waals surface area contributed by atoms with Gasteiger partial charge in [-0.1, -0.05) is 24.3 Å². The minimum Gasteiger partial charge on any atom is -0.476 e. The lowest BCUT2D eigenvalue weighted by atomic mass is 10.1. The molecule has 0 radical (unpaired) electrons. The lowest BCUT2D eigenvalue weighted by Gasteiger charge is -2.19. The quantitative estimate of drug-likeness (QED) is 0.909. The molecule has 1 aromatic carbocycles. The maximum atomic E-state index is 6.09. The predicted molar refractivity (Wildman–Crippen MR) is 73.9 cm³/mol. The van der Waals surface area contributed by atoms with Gasteiger partial charge in [-0.3, -0.25) is 0 Å². The zero-order chi connectivity index (χ0) is 13.2. The first-order valence-electron chi connectivity index (χ1n) is 6.34. The summed E-state index contributed by atoms with van der Waals surface area (Å²) in [6.07, 6.45) is 1.50. The summed E-state index contributed by atoms with van der Waals surface area (Å²) in [5.74, 6) is 1.21. The average molecular weight is 256 g/mol. The van der Waals surface area contributed by atoms with E-state index in [-0.39, 0.29) is 0 Å². The van der Waals surface area contributed by atoms with Gasteiger partial charge in [0.15, 0.2) is 5.82 Å². The van der Waals surface area contributed by atoms with Gasteiger partial charge in [0.25, 0.3) is 0 Å². The van der Waals surface area contributed by atoms with E-state index in [0.717, 1.165) is 18.9 Å². The summed E-state index contributed by atoms with van der Waals surface area (Å²) in [5, 5.41) is 0. The fourth-order valence-corrected chi connectivity index (χ4v) is 2.36. The summed E-state index contributed by atoms with van der Waals surface area (Å²) in [6.45, 7) is 4.10. The molecule has 0 amide bonds. The predicted octanol–water partition coefficient (Wildman–Crippen LogP) is 1.98. The molecule has 0 saturated heterocycles. The Kier molecular flexibility index (Phi) is 2.95. The molecule has 0 atom stereocenters. The van der Waals surface area contributed by atoms with E-state index in [0.29, 0.717) is 18.2 Å². The fraction of sp³-hybridized carbons (Fsp3) is 0.286. The monoisotopic (exact) mass is 256 g/mol. The van der Waals surface area contributed by atoms with Gasteiger partial charge in [-0.05, 0) is 18.1 Å². The number of nitrogens with zero attached hydrogens (tertiary/aromatic N) is 3. The summed E-state index contributed by atoms with van der Waals surface area (Å²) in [6, 6.07) is 8.38. The molecular formula is C14H16N4O. The van der Waals surface area contributed by atoms with E-state index in [9.17, 15) is 0 Å². The van der Waals surface area contributed by atoms with Crippen LogP contribution in [0.15, 0.2) is 30.6 Å². The Balaban J connectivity index is 1.91. The van der Waals surface area contributed by atoms with Crippen LogP contribution < -0.4 is 15.4 Å². The van der Waals surface area contributed by atoms with Crippen LogP contribution in [0.25, 0.3) is 0 Å². The second-order valence-electron chi connectivity index (χ2n) is 4.47. The van der Waals surface area contributed by atoms with Crippen LogP contribution in [0.1, 0.15) is 18.1 Å². The zero-order valence-electron chi connectivity index (χ0n) is 10.8. The molecule has 3 rings (SSSR count). The highest BCUT2D eigenvalue weighted by atomic mass is 16.5. The molecule has 0 fully saturated rings. The van der Waals surface area contributed by atoms with E-state index < -0.39 is 0 Å². The molecule has 0 unspecified atom stereocenters. The van der Waals surface area contributed by atoms with Gasteiger partial charge in [0.05, 0.1) is 6.61 Å². The maximum Gasteiger partial charge on any atom is 0.242 e. The SMILES string of the molecule is CCOc1ncnc(N2Cc3ccccc3C2)c1N. The number of nitrogen functional groups attached to an aromatic ring is 1. The summed E-state index contributed by atoms with van der Waals surface area (Å²) >= 11 is 0. The van der Waals surface area contributed by atoms with Crippen LogP contribution in [-0.4, -0.2) is 16.6 Å². The smallest absolute Gasteiger partial charge is 0.242 e. The van der Waals surface area contributed by atoms with Crippen LogP contribution in [-0.2, 0) is 13.1 Å². The van der Waals surface area contributed by atoms with Crippen LogP contribution in [0.3, 0.4) is 0 Å². The van der Waals surface area contributed by atoms with Crippen molar-refractivity contribution >= 4 is 11.5 Å². The first-order valence-corrected chi connectivity index (χ1v) is 6.34. The van der Waals surface area contributed by atoms with Crippen molar-refractivity contribution in [2.45, 2.75) is 20.0 Å². The van der Waals surface area contributed by atoms with Gasteiger partial charge < -0.3 is 15.4 Å². The Morgan fingerprint density at radius 3 is 2.53 bits per heavy atom. The fourth-order valence-electron chi connectivity index (χ4n) is 2.36. The second kappa shape index (κ2) is 4.76. The van der Waals surface area contributed by atoms with Crippen molar-refractivity contribution < 1.29 is 4.74 Å². The summed E-state index contributed by atoms with van der Waals surface area (Å²) in [4.78, 5) is 10.5. The largest absolute Gasteiger partial charge is 0.476 e. The van der Waals surface area contributed by atoms with Crippen molar-refractivity contribution in [3.05, 3.63) is 41.7 Å². The highest BCUT2D eigenvalue weighted by molar-refractivity contribution is 5.68. The minimum atomic E-state index is 0.462. The molecule has 0 aliphatic carbocycles. The molecule has 5 heteroatoms. The molecule has 98 valence electrons. The van der Waals surface area contributed by atoms with Gasteiger partial charge >= 0.3 is 0 Å². The Morgan fingerprint density at radius 1 is 1.21 bits per heavy atom. The normalized spacial score (nSPS) is 13.4. The lowest BCUT2D eigenvalue weighted by Crippen LogP contribution is -2.18. The number of ether oxygens (including phenoxy) is 1. The molecule has 19 heavy (non-hydrogen) atoms. The number of hydrogen-bond acceptors (Lipinski definition) is 5. The molecule has 0 bridgehead atoms. The van der Waals surface area contributed by atoms with Crippen molar-refractivity contribution in [2.24, 2.45) is 0 Å². The Hall–Kier alpha value is -2.30. The molecule has 1 aliphatic rings. The van der Waals surface area contributed by atoms with E-state index in [4.69, 9.17) is 10.5 Å². The standard InChI is InChI=1S/C14H16N4O/c1-2-19-14-12(15)13(16-9-17-14)18-7-10-5-3-4-6-11(10)8-18/h3-6,9H,2,7-8,15H2,1H3. The third-order valence-corrected chi connectivity index (χ3v) is 3.25. The first kappa shape index (κ1) is 11.8. The molecule has 2 N–H and O–H groups in total. The number of fused-ring (bicyclic) bond motifs is 1. The van der Waals surface area contributed by atoms with Crippen molar-refractivity contribution in [2.75, 3.05) is 17.2 Å². The molecule has 0 saturated carbocycles. The third-order valence-electron chi connectivity index (χ3n) is 3.25. The van der Waals surface area contributed by atoms with Gasteiger partial charge in [-0.25, -0.2) is 4.98 Å². The van der Waals surface area contributed by atoms with E-state index in [1.54, 1.807) is 0 Å². The van der Waals surface area contributed by atoms with Crippen molar-refractivity contribution in [1.82, 2.24) is 9.97 Å². The Bertz CT molecular complexity index is 575. The zero-order valence-corrected chi connectivity index (χ0v) is 10.8. The van der Waals surface area contributed by atoms with E-state index >= 15 is 0 Å². The number of anilines is 2. The van der Waals surface area contributed by atoms with Gasteiger partial charge in [-0.15, -0.1) is 0 Å². The van der Waals surface area contributed by atoms with Gasteiger partial charge in [0.2, 0.25) is 5.88 Å². The van der Waals surface area contributed by atoms with Crippen molar-refractivity contribution in [3.63, 3.8) is 0 Å². The lowest BCUT2D eigenvalue weighted by molar-refractivity contribution is 0.328. The first-order chi connectivity index (χ1) is 9.29. The maximum absolute atomic E-state index is 6.09. The van der Waals surface area contributed by atoms with Crippen LogP contribution >= 0.6 is 0 Å². The van der Waals surface area contributed by atoms with Crippen LogP contribution in [0.2, 0.25) is 0 Å². The Morgan fingerprint density at radius 2 is 1.89 bits per heavy atom. The van der Waals surface area contributed by atoms with Crippen molar-refractivity contribution in [3.8, 4) is 5.88 Å². The average Bonchev–Trinajstić information content (AvgIpc) is 2.85. The molecule has 0 spiro atoms. The number of hydrogen-bond donors (Lipinski definition) is 1. The van der Waals surface area contributed by atoms with E-state index in [2.05, 4.69) is 39.1 Å². The molecule has 2 heterocycles. The van der Waals surface area contributed by atoms with Crippen LogP contribution in [0, 0.1) is 0 Å². The highest BCUT2D eigenvalue weighted by Crippen LogP contribution is 2.33. The molecule has 1 aromatic heterocycles. The number of benzene rings is 1. The summed E-state index contributed by atoms with van der Waals surface area (Å²) in [5.41, 5.74) is 9.24. The highest BCUT2D eigenvalue weighted by Gasteiger charge is 2.22.